The fourth-order valence-corrected chi connectivity index (χ4v) is 4.98. The van der Waals surface area contributed by atoms with Gasteiger partial charge in [-0.15, -0.1) is 11.3 Å². The molecule has 0 unspecified atom stereocenters. The van der Waals surface area contributed by atoms with E-state index in [1.54, 1.807) is 0 Å². The van der Waals surface area contributed by atoms with Crippen LogP contribution in [0.2, 0.25) is 0 Å². The Balaban J connectivity index is 1.28. The quantitative estimate of drug-likeness (QED) is 0.437. The lowest BCUT2D eigenvalue weighted by molar-refractivity contribution is 0.0731. The average molecular weight is 445 g/mol. The molecule has 2 aromatic heterocycles. The standard InChI is InChI=1S/C25H24N4O2S/c1-17-7-6-10-20(15-17)29-14-13-28(16-18(29)2)25(30)22-12-11-21(32-22)23-26-24(31-27-23)19-8-4-3-5-9-19/h3-12,15,18H,13-14,16H2,1-2H3/t18-/m0/s1. The van der Waals surface area contributed by atoms with Gasteiger partial charge < -0.3 is 14.3 Å². The van der Waals surface area contributed by atoms with Crippen molar-refractivity contribution in [1.82, 2.24) is 15.0 Å². The smallest absolute Gasteiger partial charge is 0.264 e. The van der Waals surface area contributed by atoms with E-state index in [0.29, 0.717) is 29.7 Å². The lowest BCUT2D eigenvalue weighted by atomic mass is 10.1. The Kier molecular flexibility index (Phi) is 5.49. The Labute approximate surface area is 191 Å². The second kappa shape index (κ2) is 8.59. The number of carbonyl (C=O) groups excluding carboxylic acids is 1. The van der Waals surface area contributed by atoms with Crippen molar-refractivity contribution >= 4 is 22.9 Å². The van der Waals surface area contributed by atoms with Crippen molar-refractivity contribution in [2.75, 3.05) is 24.5 Å². The summed E-state index contributed by atoms with van der Waals surface area (Å²) in [4.78, 5) is 23.5. The van der Waals surface area contributed by atoms with Gasteiger partial charge in [0.1, 0.15) is 0 Å². The monoisotopic (exact) mass is 444 g/mol. The zero-order valence-electron chi connectivity index (χ0n) is 18.1. The van der Waals surface area contributed by atoms with E-state index in [4.69, 9.17) is 4.52 Å². The summed E-state index contributed by atoms with van der Waals surface area (Å²) in [5.41, 5.74) is 3.34. The van der Waals surface area contributed by atoms with Gasteiger partial charge >= 0.3 is 0 Å². The third kappa shape index (κ3) is 4.03. The molecule has 162 valence electrons. The lowest BCUT2D eigenvalue weighted by Gasteiger charge is -2.41. The summed E-state index contributed by atoms with van der Waals surface area (Å²) in [5.74, 6) is 1.04. The number of carbonyl (C=O) groups is 1. The molecule has 6 nitrogen and oxygen atoms in total. The van der Waals surface area contributed by atoms with Gasteiger partial charge in [0.05, 0.1) is 9.75 Å². The molecule has 1 amide bonds. The van der Waals surface area contributed by atoms with Crippen LogP contribution < -0.4 is 4.90 Å². The fraction of sp³-hybridized carbons (Fsp3) is 0.240. The Morgan fingerprint density at radius 3 is 2.69 bits per heavy atom. The van der Waals surface area contributed by atoms with Crippen LogP contribution in [0.4, 0.5) is 5.69 Å². The molecule has 4 aromatic rings. The van der Waals surface area contributed by atoms with E-state index < -0.39 is 0 Å². The molecular weight excluding hydrogens is 420 g/mol. The summed E-state index contributed by atoms with van der Waals surface area (Å²) in [6.45, 7) is 6.49. The molecule has 0 saturated carbocycles. The van der Waals surface area contributed by atoms with Crippen LogP contribution in [0, 0.1) is 6.92 Å². The number of benzene rings is 2. The maximum absolute atomic E-state index is 13.2. The summed E-state index contributed by atoms with van der Waals surface area (Å²) < 4.78 is 5.41. The molecule has 1 fully saturated rings. The highest BCUT2D eigenvalue weighted by molar-refractivity contribution is 7.17. The van der Waals surface area contributed by atoms with Crippen molar-refractivity contribution in [3.05, 3.63) is 77.2 Å². The summed E-state index contributed by atoms with van der Waals surface area (Å²) >= 11 is 1.41. The molecule has 2 aromatic carbocycles. The van der Waals surface area contributed by atoms with Crippen LogP contribution in [0.1, 0.15) is 22.2 Å². The molecule has 0 spiro atoms. The number of aryl methyl sites for hydroxylation is 1. The van der Waals surface area contributed by atoms with Gasteiger partial charge in [0.25, 0.3) is 11.8 Å². The minimum Gasteiger partial charge on any atom is -0.365 e. The molecule has 0 aliphatic carbocycles. The van der Waals surface area contributed by atoms with Crippen LogP contribution in [0.25, 0.3) is 22.2 Å². The Bertz CT molecular complexity index is 1230. The molecular formula is C25H24N4O2S. The van der Waals surface area contributed by atoms with Gasteiger partial charge in [-0.05, 0) is 55.8 Å². The maximum atomic E-state index is 13.2. The van der Waals surface area contributed by atoms with Crippen molar-refractivity contribution in [3.63, 3.8) is 0 Å². The molecule has 1 aliphatic heterocycles. The lowest BCUT2D eigenvalue weighted by Crippen LogP contribution is -2.53. The van der Waals surface area contributed by atoms with Crippen LogP contribution >= 0.6 is 11.3 Å². The minimum atomic E-state index is 0.0590. The van der Waals surface area contributed by atoms with Crippen molar-refractivity contribution in [2.24, 2.45) is 0 Å². The molecule has 5 rings (SSSR count). The van der Waals surface area contributed by atoms with Gasteiger partial charge in [0.2, 0.25) is 5.82 Å². The largest absolute Gasteiger partial charge is 0.365 e. The molecule has 32 heavy (non-hydrogen) atoms. The highest BCUT2D eigenvalue weighted by atomic mass is 32.1. The van der Waals surface area contributed by atoms with E-state index in [2.05, 4.69) is 53.2 Å². The third-order valence-electron chi connectivity index (χ3n) is 5.73. The molecule has 0 bridgehead atoms. The van der Waals surface area contributed by atoms with Crippen LogP contribution in [0.5, 0.6) is 0 Å². The van der Waals surface area contributed by atoms with Gasteiger partial charge in [-0.3, -0.25) is 4.79 Å². The zero-order valence-corrected chi connectivity index (χ0v) is 18.9. The number of amides is 1. The van der Waals surface area contributed by atoms with Crippen LogP contribution in [0.3, 0.4) is 0 Å². The number of aromatic nitrogens is 2. The topological polar surface area (TPSA) is 62.5 Å². The van der Waals surface area contributed by atoms with E-state index >= 15 is 0 Å². The summed E-state index contributed by atoms with van der Waals surface area (Å²) in [7, 11) is 0. The van der Waals surface area contributed by atoms with E-state index in [1.807, 2.05) is 47.4 Å². The highest BCUT2D eigenvalue weighted by Crippen LogP contribution is 2.30. The Hall–Kier alpha value is -3.45. The SMILES string of the molecule is Cc1cccc(N2CCN(C(=O)c3ccc(-c4noc(-c5ccccc5)n4)s3)C[C@@H]2C)c1. The first-order valence-corrected chi connectivity index (χ1v) is 11.5. The number of rotatable bonds is 4. The fourth-order valence-electron chi connectivity index (χ4n) is 4.08. The molecule has 0 N–H and O–H groups in total. The second-order valence-electron chi connectivity index (χ2n) is 8.09. The summed E-state index contributed by atoms with van der Waals surface area (Å²) in [5, 5.41) is 4.10. The molecule has 3 heterocycles. The van der Waals surface area contributed by atoms with E-state index in [0.717, 1.165) is 17.0 Å². The van der Waals surface area contributed by atoms with Gasteiger partial charge in [-0.2, -0.15) is 4.98 Å². The first kappa shape index (κ1) is 20.5. The molecule has 7 heteroatoms. The first-order valence-electron chi connectivity index (χ1n) is 10.7. The third-order valence-corrected chi connectivity index (χ3v) is 6.80. The predicted molar refractivity (Wildman–Crippen MR) is 127 cm³/mol. The molecule has 1 saturated heterocycles. The summed E-state index contributed by atoms with van der Waals surface area (Å²) in [6, 6.07) is 22.2. The number of hydrogen-bond donors (Lipinski definition) is 0. The van der Waals surface area contributed by atoms with Crippen molar-refractivity contribution < 1.29 is 9.32 Å². The van der Waals surface area contributed by atoms with Crippen LogP contribution in [0.15, 0.2) is 71.3 Å². The Morgan fingerprint density at radius 2 is 1.91 bits per heavy atom. The number of hydrogen-bond acceptors (Lipinski definition) is 6. The van der Waals surface area contributed by atoms with Gasteiger partial charge in [0.15, 0.2) is 0 Å². The first-order chi connectivity index (χ1) is 15.6. The maximum Gasteiger partial charge on any atom is 0.264 e. The van der Waals surface area contributed by atoms with Crippen LogP contribution in [-0.2, 0) is 0 Å². The van der Waals surface area contributed by atoms with Gasteiger partial charge in [-0.1, -0.05) is 35.5 Å². The minimum absolute atomic E-state index is 0.0590. The van der Waals surface area contributed by atoms with Crippen molar-refractivity contribution in [2.45, 2.75) is 19.9 Å². The normalized spacial score (nSPS) is 16.4. The van der Waals surface area contributed by atoms with Gasteiger partial charge in [0, 0.05) is 36.9 Å². The van der Waals surface area contributed by atoms with E-state index in [-0.39, 0.29) is 11.9 Å². The van der Waals surface area contributed by atoms with Crippen molar-refractivity contribution in [3.8, 4) is 22.2 Å². The molecule has 1 aliphatic rings. The number of anilines is 1. The van der Waals surface area contributed by atoms with Crippen LogP contribution in [-0.4, -0.2) is 46.6 Å². The zero-order chi connectivity index (χ0) is 22.1. The predicted octanol–water partition coefficient (Wildman–Crippen LogP) is 5.12. The van der Waals surface area contributed by atoms with E-state index in [9.17, 15) is 4.79 Å². The Morgan fingerprint density at radius 1 is 1.06 bits per heavy atom. The average Bonchev–Trinajstić information content (AvgIpc) is 3.49. The number of thiophene rings is 1. The molecule has 0 radical (unpaired) electrons. The second-order valence-corrected chi connectivity index (χ2v) is 9.17. The summed E-state index contributed by atoms with van der Waals surface area (Å²) in [6.07, 6.45) is 0. The van der Waals surface area contributed by atoms with Crippen molar-refractivity contribution in [1.29, 1.82) is 0 Å². The van der Waals surface area contributed by atoms with E-state index in [1.165, 1.54) is 22.6 Å². The molecule has 1 atom stereocenters. The number of piperazine rings is 1. The number of nitrogens with zero attached hydrogens (tertiary/aromatic N) is 4. The van der Waals surface area contributed by atoms with Gasteiger partial charge in [-0.25, -0.2) is 0 Å². The highest BCUT2D eigenvalue weighted by Gasteiger charge is 2.28.